The summed E-state index contributed by atoms with van der Waals surface area (Å²) in [5, 5.41) is 6.90. The monoisotopic (exact) mass is 636 g/mol. The topological polar surface area (TPSA) is 111 Å². The normalized spacial score (nSPS) is 17.3. The molecule has 0 saturated carbocycles. The van der Waals surface area contributed by atoms with E-state index in [1.807, 2.05) is 0 Å². The molecule has 2 atom stereocenters. The first-order chi connectivity index (χ1) is 21.3. The Labute approximate surface area is 266 Å². The van der Waals surface area contributed by atoms with Crippen molar-refractivity contribution in [2.75, 3.05) is 23.8 Å². The zero-order valence-corrected chi connectivity index (χ0v) is 27.4. The molecular weight excluding hydrogens is 597 g/mol. The predicted octanol–water partition coefficient (Wildman–Crippen LogP) is 7.70. The molecule has 44 heavy (non-hydrogen) atoms. The second-order valence-corrected chi connectivity index (χ2v) is 13.6. The van der Waals surface area contributed by atoms with E-state index in [0.717, 1.165) is 72.2 Å². The van der Waals surface area contributed by atoms with E-state index in [1.54, 1.807) is 38.1 Å². The van der Waals surface area contributed by atoms with Crippen LogP contribution in [0.2, 0.25) is 0 Å². The van der Waals surface area contributed by atoms with Gasteiger partial charge in [-0.15, -0.1) is 22.7 Å². The molecule has 0 bridgehead atoms. The zero-order chi connectivity index (χ0) is 31.4. The summed E-state index contributed by atoms with van der Waals surface area (Å²) in [6, 6.07) is 6.36. The third-order valence-corrected chi connectivity index (χ3v) is 11.1. The summed E-state index contributed by atoms with van der Waals surface area (Å²) < 4.78 is 10.7. The first-order valence-corrected chi connectivity index (χ1v) is 17.3. The number of esters is 2. The minimum absolute atomic E-state index is 0.257. The van der Waals surface area contributed by atoms with Crippen molar-refractivity contribution in [2.45, 2.75) is 79.1 Å². The highest BCUT2D eigenvalue weighted by Crippen LogP contribution is 2.42. The van der Waals surface area contributed by atoms with Crippen LogP contribution in [0, 0.1) is 11.8 Å². The number of hydrogen-bond acceptors (Lipinski definition) is 8. The van der Waals surface area contributed by atoms with Crippen LogP contribution in [0.3, 0.4) is 0 Å². The highest BCUT2D eigenvalue weighted by Gasteiger charge is 2.31. The molecule has 0 aliphatic heterocycles. The van der Waals surface area contributed by atoms with Crippen molar-refractivity contribution >= 4 is 56.4 Å². The maximum absolute atomic E-state index is 13.3. The summed E-state index contributed by atoms with van der Waals surface area (Å²) in [6.07, 6.45) is 7.55. The second kappa shape index (κ2) is 14.1. The SMILES string of the molecule is CCOC(=O)c1c(NC(=O)c2ccc(C(=O)Nc3sc4c(c3C(=O)OCC)CCC(CC)C4)cc2)sc2c1CCC(CC)C2. The van der Waals surface area contributed by atoms with Crippen LogP contribution in [0.15, 0.2) is 24.3 Å². The Kier molecular flexibility index (Phi) is 10.2. The van der Waals surface area contributed by atoms with Gasteiger partial charge in [0.2, 0.25) is 0 Å². The lowest BCUT2D eigenvalue weighted by Gasteiger charge is -2.20. The molecule has 3 aromatic rings. The van der Waals surface area contributed by atoms with Crippen LogP contribution >= 0.6 is 22.7 Å². The molecule has 8 nitrogen and oxygen atoms in total. The van der Waals surface area contributed by atoms with Crippen molar-refractivity contribution in [2.24, 2.45) is 11.8 Å². The fourth-order valence-electron chi connectivity index (χ4n) is 6.14. The highest BCUT2D eigenvalue weighted by atomic mass is 32.1. The minimum Gasteiger partial charge on any atom is -0.462 e. The predicted molar refractivity (Wildman–Crippen MR) is 175 cm³/mol. The molecule has 0 saturated heterocycles. The van der Waals surface area contributed by atoms with Gasteiger partial charge in [-0.05, 0) is 99.6 Å². The van der Waals surface area contributed by atoms with Crippen LogP contribution in [0.5, 0.6) is 0 Å². The van der Waals surface area contributed by atoms with Crippen LogP contribution in [0.1, 0.15) is 116 Å². The van der Waals surface area contributed by atoms with Gasteiger partial charge < -0.3 is 20.1 Å². The van der Waals surface area contributed by atoms with Crippen molar-refractivity contribution in [3.63, 3.8) is 0 Å². The summed E-state index contributed by atoms with van der Waals surface area (Å²) in [5.74, 6) is -0.419. The Morgan fingerprint density at radius 3 is 1.41 bits per heavy atom. The van der Waals surface area contributed by atoms with E-state index in [2.05, 4.69) is 24.5 Å². The largest absolute Gasteiger partial charge is 0.462 e. The quantitative estimate of drug-likeness (QED) is 0.221. The number of fused-ring (bicyclic) bond motifs is 2. The standard InChI is InChI=1S/C34H40N2O6S2/c1-5-19-9-15-23-25(17-19)43-31(27(23)33(39)41-7-3)35-29(37)21-11-13-22(14-12-21)30(38)36-32-28(34(40)42-8-4)24-16-10-20(6-2)18-26(24)44-32/h11-14,19-20H,5-10,15-18H2,1-4H3,(H,35,37)(H,36,38). The molecule has 0 spiro atoms. The summed E-state index contributed by atoms with van der Waals surface area (Å²) in [7, 11) is 0. The molecule has 234 valence electrons. The Morgan fingerprint density at radius 2 is 1.07 bits per heavy atom. The number of nitrogens with one attached hydrogen (secondary N) is 2. The molecule has 2 amide bonds. The van der Waals surface area contributed by atoms with Gasteiger partial charge in [-0.2, -0.15) is 0 Å². The number of thiophene rings is 2. The van der Waals surface area contributed by atoms with Gasteiger partial charge in [0.15, 0.2) is 0 Å². The molecule has 2 unspecified atom stereocenters. The maximum Gasteiger partial charge on any atom is 0.341 e. The van der Waals surface area contributed by atoms with Gasteiger partial charge in [0.25, 0.3) is 11.8 Å². The summed E-state index contributed by atoms with van der Waals surface area (Å²) >= 11 is 2.91. The number of carbonyl (C=O) groups is 4. The van der Waals surface area contributed by atoms with Gasteiger partial charge in [0, 0.05) is 20.9 Å². The van der Waals surface area contributed by atoms with Crippen LogP contribution < -0.4 is 10.6 Å². The number of ether oxygens (including phenoxy) is 2. The van der Waals surface area contributed by atoms with E-state index in [1.165, 1.54) is 22.7 Å². The number of rotatable bonds is 10. The van der Waals surface area contributed by atoms with Gasteiger partial charge in [-0.1, -0.05) is 26.7 Å². The molecule has 0 radical (unpaired) electrons. The highest BCUT2D eigenvalue weighted by molar-refractivity contribution is 7.17. The average Bonchev–Trinajstić information content (AvgIpc) is 3.57. The number of carbonyl (C=O) groups excluding carboxylic acids is 4. The zero-order valence-electron chi connectivity index (χ0n) is 25.8. The van der Waals surface area contributed by atoms with Crippen molar-refractivity contribution in [1.29, 1.82) is 0 Å². The van der Waals surface area contributed by atoms with Gasteiger partial charge >= 0.3 is 11.9 Å². The molecule has 5 rings (SSSR count). The summed E-state index contributed by atoms with van der Waals surface area (Å²) in [4.78, 5) is 54.6. The Bertz CT molecular complexity index is 1440. The first-order valence-electron chi connectivity index (χ1n) is 15.6. The molecule has 1 aromatic carbocycles. The van der Waals surface area contributed by atoms with Crippen molar-refractivity contribution in [1.82, 2.24) is 0 Å². The second-order valence-electron chi connectivity index (χ2n) is 11.4. The van der Waals surface area contributed by atoms with Gasteiger partial charge in [-0.3, -0.25) is 9.59 Å². The third-order valence-electron chi connectivity index (χ3n) is 8.71. The van der Waals surface area contributed by atoms with Crippen LogP contribution in [-0.4, -0.2) is 37.0 Å². The Balaban J connectivity index is 1.33. The lowest BCUT2D eigenvalue weighted by molar-refractivity contribution is 0.0516. The first kappa shape index (κ1) is 31.9. The van der Waals surface area contributed by atoms with E-state index in [-0.39, 0.29) is 25.0 Å². The third kappa shape index (κ3) is 6.61. The molecule has 2 aliphatic carbocycles. The molecule has 10 heteroatoms. The van der Waals surface area contributed by atoms with E-state index in [0.29, 0.717) is 44.1 Å². The minimum atomic E-state index is -0.412. The average molecular weight is 637 g/mol. The fourth-order valence-corrected chi connectivity index (χ4v) is 8.83. The Hall–Kier alpha value is -3.50. The molecular formula is C34H40N2O6S2. The molecule has 2 N–H and O–H groups in total. The number of benzene rings is 1. The van der Waals surface area contributed by atoms with Crippen LogP contribution in [0.25, 0.3) is 0 Å². The van der Waals surface area contributed by atoms with E-state index in [9.17, 15) is 19.2 Å². The van der Waals surface area contributed by atoms with Gasteiger partial charge in [0.1, 0.15) is 10.0 Å². The smallest absolute Gasteiger partial charge is 0.341 e. The van der Waals surface area contributed by atoms with Crippen molar-refractivity contribution in [3.8, 4) is 0 Å². The molecule has 2 aromatic heterocycles. The summed E-state index contributed by atoms with van der Waals surface area (Å²) in [6.45, 7) is 8.41. The van der Waals surface area contributed by atoms with E-state index >= 15 is 0 Å². The van der Waals surface area contributed by atoms with Crippen LogP contribution in [-0.2, 0) is 35.2 Å². The molecule has 2 aliphatic rings. The lowest BCUT2D eigenvalue weighted by atomic mass is 9.85. The molecule has 0 fully saturated rings. The van der Waals surface area contributed by atoms with Crippen molar-refractivity contribution in [3.05, 3.63) is 67.4 Å². The van der Waals surface area contributed by atoms with Crippen LogP contribution in [0.4, 0.5) is 10.0 Å². The van der Waals surface area contributed by atoms with Gasteiger partial charge in [-0.25, -0.2) is 9.59 Å². The lowest BCUT2D eigenvalue weighted by Crippen LogP contribution is -2.18. The number of amides is 2. The number of hydrogen-bond donors (Lipinski definition) is 2. The molecule has 2 heterocycles. The van der Waals surface area contributed by atoms with E-state index in [4.69, 9.17) is 9.47 Å². The maximum atomic E-state index is 13.3. The van der Waals surface area contributed by atoms with E-state index < -0.39 is 11.9 Å². The fraction of sp³-hybridized carbons (Fsp3) is 0.471. The van der Waals surface area contributed by atoms with Gasteiger partial charge in [0.05, 0.1) is 24.3 Å². The summed E-state index contributed by atoms with van der Waals surface area (Å²) in [5.41, 5.74) is 3.63. The number of anilines is 2. The van der Waals surface area contributed by atoms with Crippen molar-refractivity contribution < 1.29 is 28.7 Å². The Morgan fingerprint density at radius 1 is 0.682 bits per heavy atom.